The van der Waals surface area contributed by atoms with Crippen LogP contribution in [-0.2, 0) is 11.3 Å². The molecule has 0 radical (unpaired) electrons. The van der Waals surface area contributed by atoms with Crippen LogP contribution >= 0.6 is 0 Å². The Bertz CT molecular complexity index is 828. The van der Waals surface area contributed by atoms with Gasteiger partial charge in [-0.1, -0.05) is 18.2 Å². The van der Waals surface area contributed by atoms with E-state index in [9.17, 15) is 4.79 Å². The van der Waals surface area contributed by atoms with E-state index in [-0.39, 0.29) is 11.9 Å². The number of rotatable bonds is 5. The van der Waals surface area contributed by atoms with Gasteiger partial charge in [-0.2, -0.15) is 0 Å². The molecule has 6 heteroatoms. The fourth-order valence-corrected chi connectivity index (χ4v) is 2.47. The molecular formula is C17H18N4O2. The SMILES string of the molecule is COCc1cccc(C(=O)NC(C)c2nnc3ccccn23)c1. The Kier molecular flexibility index (Phi) is 4.34. The third-order valence-electron chi connectivity index (χ3n) is 3.58. The summed E-state index contributed by atoms with van der Waals surface area (Å²) in [5, 5.41) is 11.2. The number of aromatic nitrogens is 3. The summed E-state index contributed by atoms with van der Waals surface area (Å²) in [5.74, 6) is 0.546. The average molecular weight is 310 g/mol. The van der Waals surface area contributed by atoms with Crippen molar-refractivity contribution in [1.29, 1.82) is 0 Å². The third kappa shape index (κ3) is 3.22. The summed E-state index contributed by atoms with van der Waals surface area (Å²) < 4.78 is 6.96. The molecule has 0 saturated carbocycles. The maximum Gasteiger partial charge on any atom is 0.251 e. The molecule has 0 aliphatic carbocycles. The second kappa shape index (κ2) is 6.58. The van der Waals surface area contributed by atoms with Crippen LogP contribution in [0, 0.1) is 0 Å². The number of nitrogens with one attached hydrogen (secondary N) is 1. The third-order valence-corrected chi connectivity index (χ3v) is 3.58. The second-order valence-corrected chi connectivity index (χ2v) is 5.32. The van der Waals surface area contributed by atoms with Crippen LogP contribution in [0.1, 0.15) is 34.7 Å². The quantitative estimate of drug-likeness (QED) is 0.785. The minimum atomic E-state index is -0.258. The summed E-state index contributed by atoms with van der Waals surface area (Å²) in [6, 6.07) is 12.8. The first kappa shape index (κ1) is 15.2. The van der Waals surface area contributed by atoms with E-state index in [1.165, 1.54) is 0 Å². The van der Waals surface area contributed by atoms with Gasteiger partial charge in [-0.3, -0.25) is 9.20 Å². The van der Waals surface area contributed by atoms with E-state index in [2.05, 4.69) is 15.5 Å². The van der Waals surface area contributed by atoms with Crippen molar-refractivity contribution in [2.75, 3.05) is 7.11 Å². The second-order valence-electron chi connectivity index (χ2n) is 5.32. The van der Waals surface area contributed by atoms with Gasteiger partial charge in [0.2, 0.25) is 0 Å². The highest BCUT2D eigenvalue weighted by atomic mass is 16.5. The van der Waals surface area contributed by atoms with Crippen LogP contribution in [0.5, 0.6) is 0 Å². The van der Waals surface area contributed by atoms with Gasteiger partial charge in [-0.15, -0.1) is 10.2 Å². The number of carbonyl (C=O) groups is 1. The van der Waals surface area contributed by atoms with Gasteiger partial charge in [0, 0.05) is 18.9 Å². The van der Waals surface area contributed by atoms with Crippen molar-refractivity contribution in [1.82, 2.24) is 19.9 Å². The topological polar surface area (TPSA) is 68.5 Å². The Morgan fingerprint density at radius 3 is 2.96 bits per heavy atom. The molecule has 1 aromatic carbocycles. The van der Waals surface area contributed by atoms with Crippen molar-refractivity contribution in [2.45, 2.75) is 19.6 Å². The van der Waals surface area contributed by atoms with Gasteiger partial charge in [0.1, 0.15) is 0 Å². The first-order valence-corrected chi connectivity index (χ1v) is 7.37. The largest absolute Gasteiger partial charge is 0.380 e. The minimum Gasteiger partial charge on any atom is -0.380 e. The number of benzene rings is 1. The predicted molar refractivity (Wildman–Crippen MR) is 86.0 cm³/mol. The molecule has 0 saturated heterocycles. The summed E-state index contributed by atoms with van der Waals surface area (Å²) in [4.78, 5) is 12.4. The number of amides is 1. The maximum absolute atomic E-state index is 12.4. The van der Waals surface area contributed by atoms with Crippen molar-refractivity contribution in [3.05, 3.63) is 65.6 Å². The molecule has 2 heterocycles. The molecule has 2 aromatic heterocycles. The number of ether oxygens (including phenoxy) is 1. The summed E-state index contributed by atoms with van der Waals surface area (Å²) in [6.45, 7) is 2.37. The summed E-state index contributed by atoms with van der Waals surface area (Å²) >= 11 is 0. The highest BCUT2D eigenvalue weighted by Crippen LogP contribution is 2.13. The highest BCUT2D eigenvalue weighted by Gasteiger charge is 2.16. The lowest BCUT2D eigenvalue weighted by atomic mass is 10.1. The van der Waals surface area contributed by atoms with Crippen molar-refractivity contribution < 1.29 is 9.53 Å². The molecule has 0 fully saturated rings. The van der Waals surface area contributed by atoms with Crippen LogP contribution in [0.15, 0.2) is 48.7 Å². The Morgan fingerprint density at radius 1 is 1.26 bits per heavy atom. The van der Waals surface area contributed by atoms with Gasteiger partial charge in [-0.25, -0.2) is 0 Å². The molecule has 3 rings (SSSR count). The molecule has 0 spiro atoms. The van der Waals surface area contributed by atoms with E-state index in [1.54, 1.807) is 13.2 Å². The maximum atomic E-state index is 12.4. The Balaban J connectivity index is 1.78. The fraction of sp³-hybridized carbons (Fsp3) is 0.235. The number of hydrogen-bond acceptors (Lipinski definition) is 4. The van der Waals surface area contributed by atoms with Crippen molar-refractivity contribution in [2.24, 2.45) is 0 Å². The summed E-state index contributed by atoms with van der Waals surface area (Å²) in [5.41, 5.74) is 2.31. The van der Waals surface area contributed by atoms with Crippen molar-refractivity contribution in [3.8, 4) is 0 Å². The lowest BCUT2D eigenvalue weighted by Gasteiger charge is -2.13. The summed E-state index contributed by atoms with van der Waals surface area (Å²) in [7, 11) is 1.63. The zero-order valence-corrected chi connectivity index (χ0v) is 13.1. The molecule has 1 atom stereocenters. The molecule has 0 bridgehead atoms. The fourth-order valence-electron chi connectivity index (χ4n) is 2.47. The lowest BCUT2D eigenvalue weighted by Crippen LogP contribution is -2.28. The van der Waals surface area contributed by atoms with E-state index in [0.717, 1.165) is 11.2 Å². The standard InChI is InChI=1S/C17H18N4O2/c1-12(16-20-19-15-8-3-4-9-21(15)16)18-17(22)14-7-5-6-13(10-14)11-23-2/h3-10,12H,11H2,1-2H3,(H,18,22). The minimum absolute atomic E-state index is 0.150. The molecule has 0 aliphatic heterocycles. The van der Waals surface area contributed by atoms with Gasteiger partial charge >= 0.3 is 0 Å². The van der Waals surface area contributed by atoms with Gasteiger partial charge < -0.3 is 10.1 Å². The molecule has 6 nitrogen and oxygen atoms in total. The first-order chi connectivity index (χ1) is 11.2. The molecule has 1 amide bonds. The van der Waals surface area contributed by atoms with Crippen LogP contribution < -0.4 is 5.32 Å². The number of methoxy groups -OCH3 is 1. The Labute approximate surface area is 134 Å². The number of pyridine rings is 1. The molecule has 3 aromatic rings. The first-order valence-electron chi connectivity index (χ1n) is 7.37. The van der Waals surface area contributed by atoms with Crippen molar-refractivity contribution >= 4 is 11.6 Å². The number of carbonyl (C=O) groups excluding carboxylic acids is 1. The molecule has 23 heavy (non-hydrogen) atoms. The van der Waals surface area contributed by atoms with Crippen LogP contribution in [0.25, 0.3) is 5.65 Å². The predicted octanol–water partition coefficient (Wildman–Crippen LogP) is 2.37. The number of nitrogens with zero attached hydrogens (tertiary/aromatic N) is 3. The van der Waals surface area contributed by atoms with Crippen LogP contribution in [0.3, 0.4) is 0 Å². The zero-order chi connectivity index (χ0) is 16.2. The van der Waals surface area contributed by atoms with E-state index in [0.29, 0.717) is 18.0 Å². The lowest BCUT2D eigenvalue weighted by molar-refractivity contribution is 0.0937. The molecule has 1 N–H and O–H groups in total. The average Bonchev–Trinajstić information content (AvgIpc) is 2.99. The number of fused-ring (bicyclic) bond motifs is 1. The van der Waals surface area contributed by atoms with Crippen LogP contribution in [0.2, 0.25) is 0 Å². The highest BCUT2D eigenvalue weighted by molar-refractivity contribution is 5.94. The smallest absolute Gasteiger partial charge is 0.251 e. The Morgan fingerprint density at radius 2 is 2.13 bits per heavy atom. The van der Waals surface area contributed by atoms with E-state index >= 15 is 0 Å². The van der Waals surface area contributed by atoms with Gasteiger partial charge in [0.15, 0.2) is 11.5 Å². The monoisotopic (exact) mass is 310 g/mol. The summed E-state index contributed by atoms with van der Waals surface area (Å²) in [6.07, 6.45) is 1.88. The molecule has 0 aliphatic rings. The van der Waals surface area contributed by atoms with E-state index in [4.69, 9.17) is 4.74 Å². The number of hydrogen-bond donors (Lipinski definition) is 1. The normalized spacial score (nSPS) is 12.3. The molecular weight excluding hydrogens is 292 g/mol. The molecule has 118 valence electrons. The van der Waals surface area contributed by atoms with Crippen molar-refractivity contribution in [3.63, 3.8) is 0 Å². The van der Waals surface area contributed by atoms with Crippen LogP contribution in [-0.4, -0.2) is 27.6 Å². The van der Waals surface area contributed by atoms with Gasteiger partial charge in [0.05, 0.1) is 12.6 Å². The van der Waals surface area contributed by atoms with Gasteiger partial charge in [-0.05, 0) is 36.8 Å². The Hall–Kier alpha value is -2.73. The van der Waals surface area contributed by atoms with E-state index in [1.807, 2.05) is 53.9 Å². The molecule has 1 unspecified atom stereocenters. The zero-order valence-electron chi connectivity index (χ0n) is 13.1. The van der Waals surface area contributed by atoms with Gasteiger partial charge in [0.25, 0.3) is 5.91 Å². The van der Waals surface area contributed by atoms with E-state index < -0.39 is 0 Å². The van der Waals surface area contributed by atoms with Crippen LogP contribution in [0.4, 0.5) is 0 Å².